The molecule has 0 saturated carbocycles. The second-order valence-electron chi connectivity index (χ2n) is 6.53. The maximum absolute atomic E-state index is 12.6. The molecule has 0 bridgehead atoms. The van der Waals surface area contributed by atoms with Crippen molar-refractivity contribution in [3.05, 3.63) is 0 Å². The van der Waals surface area contributed by atoms with Crippen LogP contribution in [0, 0.1) is 11.8 Å². The van der Waals surface area contributed by atoms with E-state index in [-0.39, 0.29) is 30.1 Å². The summed E-state index contributed by atoms with van der Waals surface area (Å²) in [5, 5.41) is 6.23. The molecule has 124 valence electrons. The van der Waals surface area contributed by atoms with E-state index in [1.165, 1.54) is 0 Å². The van der Waals surface area contributed by atoms with Crippen LogP contribution in [-0.4, -0.2) is 48.4 Å². The molecule has 0 aromatic carbocycles. The SMILES string of the molecule is CC(C)CC(=O)NC(C(=O)N1CCNC(C)C1)C(C)C.Cl. The topological polar surface area (TPSA) is 61.4 Å². The molecule has 0 aromatic rings. The summed E-state index contributed by atoms with van der Waals surface area (Å²) in [7, 11) is 0. The number of carbonyl (C=O) groups excluding carboxylic acids is 2. The fraction of sp³-hybridized carbons (Fsp3) is 0.867. The van der Waals surface area contributed by atoms with E-state index in [2.05, 4.69) is 17.6 Å². The molecule has 2 amide bonds. The number of amides is 2. The van der Waals surface area contributed by atoms with Gasteiger partial charge in [0.15, 0.2) is 0 Å². The van der Waals surface area contributed by atoms with E-state index >= 15 is 0 Å². The first-order chi connectivity index (χ1) is 9.31. The number of hydrogen-bond acceptors (Lipinski definition) is 3. The number of carbonyl (C=O) groups is 2. The molecule has 1 fully saturated rings. The number of rotatable bonds is 5. The molecule has 1 rings (SSSR count). The molecule has 0 radical (unpaired) electrons. The van der Waals surface area contributed by atoms with Crippen molar-refractivity contribution in [2.45, 2.75) is 53.1 Å². The molecule has 0 aliphatic carbocycles. The fourth-order valence-electron chi connectivity index (χ4n) is 2.45. The van der Waals surface area contributed by atoms with Gasteiger partial charge in [0, 0.05) is 32.1 Å². The van der Waals surface area contributed by atoms with Gasteiger partial charge in [0.2, 0.25) is 11.8 Å². The minimum absolute atomic E-state index is 0. The summed E-state index contributed by atoms with van der Waals surface area (Å²) in [6.45, 7) is 12.3. The molecule has 0 aromatic heterocycles. The van der Waals surface area contributed by atoms with Gasteiger partial charge in [-0.1, -0.05) is 27.7 Å². The molecular formula is C15H30ClN3O2. The third-order valence-corrected chi connectivity index (χ3v) is 3.52. The zero-order valence-corrected chi connectivity index (χ0v) is 14.6. The second-order valence-corrected chi connectivity index (χ2v) is 6.53. The van der Waals surface area contributed by atoms with E-state index in [9.17, 15) is 9.59 Å². The molecule has 2 unspecified atom stereocenters. The highest BCUT2D eigenvalue weighted by Crippen LogP contribution is 2.10. The van der Waals surface area contributed by atoms with Crippen LogP contribution < -0.4 is 10.6 Å². The van der Waals surface area contributed by atoms with Crippen molar-refractivity contribution in [1.29, 1.82) is 0 Å². The predicted octanol–water partition coefficient (Wildman–Crippen LogP) is 1.42. The lowest BCUT2D eigenvalue weighted by atomic mass is 10.0. The molecule has 1 aliphatic rings. The van der Waals surface area contributed by atoms with Crippen LogP contribution in [0.4, 0.5) is 0 Å². The van der Waals surface area contributed by atoms with Crippen molar-refractivity contribution in [2.24, 2.45) is 11.8 Å². The van der Waals surface area contributed by atoms with Crippen molar-refractivity contribution in [2.75, 3.05) is 19.6 Å². The molecule has 2 atom stereocenters. The highest BCUT2D eigenvalue weighted by molar-refractivity contribution is 5.88. The predicted molar refractivity (Wildman–Crippen MR) is 87.5 cm³/mol. The van der Waals surface area contributed by atoms with Gasteiger partial charge in [0.25, 0.3) is 0 Å². The Morgan fingerprint density at radius 3 is 2.38 bits per heavy atom. The minimum Gasteiger partial charge on any atom is -0.344 e. The van der Waals surface area contributed by atoms with Crippen molar-refractivity contribution >= 4 is 24.2 Å². The average molecular weight is 320 g/mol. The Balaban J connectivity index is 0.00000400. The Morgan fingerprint density at radius 2 is 1.90 bits per heavy atom. The largest absolute Gasteiger partial charge is 0.344 e. The normalized spacial score (nSPS) is 20.1. The molecule has 2 N–H and O–H groups in total. The lowest BCUT2D eigenvalue weighted by Crippen LogP contribution is -2.58. The van der Waals surface area contributed by atoms with E-state index in [1.54, 1.807) is 0 Å². The highest BCUT2D eigenvalue weighted by atomic mass is 35.5. The third kappa shape index (κ3) is 6.66. The Bertz CT molecular complexity index is 348. The van der Waals surface area contributed by atoms with E-state index in [0.29, 0.717) is 31.5 Å². The van der Waals surface area contributed by atoms with Crippen LogP contribution in [0.5, 0.6) is 0 Å². The van der Waals surface area contributed by atoms with Crippen LogP contribution in [0.1, 0.15) is 41.0 Å². The van der Waals surface area contributed by atoms with E-state index in [1.807, 2.05) is 32.6 Å². The molecule has 1 aliphatic heterocycles. The number of halogens is 1. The van der Waals surface area contributed by atoms with Crippen molar-refractivity contribution in [3.63, 3.8) is 0 Å². The Hall–Kier alpha value is -0.810. The van der Waals surface area contributed by atoms with Crippen LogP contribution >= 0.6 is 12.4 Å². The molecule has 6 heteroatoms. The Labute approximate surface area is 134 Å². The first kappa shape index (κ1) is 20.2. The fourth-order valence-corrected chi connectivity index (χ4v) is 2.45. The van der Waals surface area contributed by atoms with Gasteiger partial charge in [-0.3, -0.25) is 9.59 Å². The number of hydrogen-bond donors (Lipinski definition) is 2. The summed E-state index contributed by atoms with van der Waals surface area (Å²) in [5.74, 6) is 0.418. The summed E-state index contributed by atoms with van der Waals surface area (Å²) in [5.41, 5.74) is 0. The summed E-state index contributed by atoms with van der Waals surface area (Å²) in [4.78, 5) is 26.4. The molecule has 5 nitrogen and oxygen atoms in total. The van der Waals surface area contributed by atoms with Gasteiger partial charge in [0.1, 0.15) is 6.04 Å². The van der Waals surface area contributed by atoms with Crippen molar-refractivity contribution in [1.82, 2.24) is 15.5 Å². The maximum Gasteiger partial charge on any atom is 0.245 e. The summed E-state index contributed by atoms with van der Waals surface area (Å²) < 4.78 is 0. The molecular weight excluding hydrogens is 290 g/mol. The molecule has 1 saturated heterocycles. The van der Waals surface area contributed by atoms with E-state index in [4.69, 9.17) is 0 Å². The highest BCUT2D eigenvalue weighted by Gasteiger charge is 2.30. The van der Waals surface area contributed by atoms with Gasteiger partial charge >= 0.3 is 0 Å². The summed E-state index contributed by atoms with van der Waals surface area (Å²) >= 11 is 0. The van der Waals surface area contributed by atoms with Crippen LogP contribution in [0.3, 0.4) is 0 Å². The molecule has 21 heavy (non-hydrogen) atoms. The maximum atomic E-state index is 12.6. The Morgan fingerprint density at radius 1 is 1.29 bits per heavy atom. The lowest BCUT2D eigenvalue weighted by molar-refractivity contribution is -0.138. The van der Waals surface area contributed by atoms with Gasteiger partial charge in [-0.05, 0) is 18.8 Å². The lowest BCUT2D eigenvalue weighted by Gasteiger charge is -2.35. The van der Waals surface area contributed by atoms with Crippen LogP contribution in [0.25, 0.3) is 0 Å². The first-order valence-corrected chi connectivity index (χ1v) is 7.62. The number of nitrogens with one attached hydrogen (secondary N) is 2. The van der Waals surface area contributed by atoms with Gasteiger partial charge in [0.05, 0.1) is 0 Å². The summed E-state index contributed by atoms with van der Waals surface area (Å²) in [6.07, 6.45) is 0.467. The molecule has 1 heterocycles. The standard InChI is InChI=1S/C15H29N3O2.ClH/c1-10(2)8-13(19)17-14(11(3)4)15(20)18-7-6-16-12(5)9-18;/h10-12,14,16H,6-9H2,1-5H3,(H,17,19);1H. The second kappa shape index (κ2) is 9.26. The average Bonchev–Trinajstić information content (AvgIpc) is 2.34. The van der Waals surface area contributed by atoms with E-state index < -0.39 is 6.04 Å². The third-order valence-electron chi connectivity index (χ3n) is 3.52. The molecule has 0 spiro atoms. The zero-order chi connectivity index (χ0) is 15.3. The minimum atomic E-state index is -0.411. The van der Waals surface area contributed by atoms with Gasteiger partial charge < -0.3 is 15.5 Å². The monoisotopic (exact) mass is 319 g/mol. The van der Waals surface area contributed by atoms with Crippen LogP contribution in [0.2, 0.25) is 0 Å². The van der Waals surface area contributed by atoms with E-state index in [0.717, 1.165) is 6.54 Å². The zero-order valence-electron chi connectivity index (χ0n) is 13.8. The van der Waals surface area contributed by atoms with Crippen molar-refractivity contribution < 1.29 is 9.59 Å². The Kier molecular flexibility index (Phi) is 8.90. The smallest absolute Gasteiger partial charge is 0.245 e. The van der Waals surface area contributed by atoms with Crippen LogP contribution in [0.15, 0.2) is 0 Å². The first-order valence-electron chi connectivity index (χ1n) is 7.62. The van der Waals surface area contributed by atoms with Crippen molar-refractivity contribution in [3.8, 4) is 0 Å². The summed E-state index contributed by atoms with van der Waals surface area (Å²) in [6, 6.07) is -0.0987. The number of nitrogens with zero attached hydrogens (tertiary/aromatic N) is 1. The van der Waals surface area contributed by atoms with Gasteiger partial charge in [-0.15, -0.1) is 12.4 Å². The number of piperazine rings is 1. The quantitative estimate of drug-likeness (QED) is 0.805. The van der Waals surface area contributed by atoms with Gasteiger partial charge in [-0.25, -0.2) is 0 Å². The van der Waals surface area contributed by atoms with Crippen LogP contribution in [-0.2, 0) is 9.59 Å². The van der Waals surface area contributed by atoms with Gasteiger partial charge in [-0.2, -0.15) is 0 Å².